The summed E-state index contributed by atoms with van der Waals surface area (Å²) in [6.07, 6.45) is -0.292. The highest BCUT2D eigenvalue weighted by Gasteiger charge is 2.32. The third kappa shape index (κ3) is 1.91. The average molecular weight is 147 g/mol. The highest BCUT2D eigenvalue weighted by atomic mass is 16.8. The lowest BCUT2D eigenvalue weighted by Crippen LogP contribution is -2.25. The zero-order valence-corrected chi connectivity index (χ0v) is 6.29. The highest BCUT2D eigenvalue weighted by Crippen LogP contribution is 2.21. The molecule has 60 valence electrons. The van der Waals surface area contributed by atoms with Crippen LogP contribution in [0.25, 0.3) is 0 Å². The van der Waals surface area contributed by atoms with Gasteiger partial charge in [0.25, 0.3) is 0 Å². The van der Waals surface area contributed by atoms with E-state index in [4.69, 9.17) is 15.4 Å². The lowest BCUT2D eigenvalue weighted by molar-refractivity contribution is -0.120. The molecule has 1 aliphatic rings. The summed E-state index contributed by atoms with van der Waals surface area (Å²) in [6, 6.07) is 0. The molecule has 1 heterocycles. The van der Waals surface area contributed by atoms with Gasteiger partial charge in [-0.1, -0.05) is 0 Å². The molecule has 1 rings (SSSR count). The molecule has 1 unspecified atom stereocenters. The third-order valence-corrected chi connectivity index (χ3v) is 1.30. The van der Waals surface area contributed by atoms with E-state index in [1.54, 1.807) is 0 Å². The summed E-state index contributed by atoms with van der Waals surface area (Å²) in [5.74, 6) is 4.84. The van der Waals surface area contributed by atoms with E-state index in [-0.39, 0.29) is 11.9 Å². The molecule has 2 N–H and O–H groups in total. The Labute approximate surface area is 60.2 Å². The predicted molar refractivity (Wildman–Crippen MR) is 35.0 cm³/mol. The van der Waals surface area contributed by atoms with Crippen LogP contribution in [-0.2, 0) is 14.3 Å². The Morgan fingerprint density at radius 1 is 1.70 bits per heavy atom. The van der Waals surface area contributed by atoms with Crippen molar-refractivity contribution in [3.8, 4) is 0 Å². The molecule has 0 amide bonds. The van der Waals surface area contributed by atoms with Crippen LogP contribution in [0.1, 0.15) is 13.8 Å². The summed E-state index contributed by atoms with van der Waals surface area (Å²) in [5.41, 5.74) is -0.191. The van der Waals surface area contributed by atoms with E-state index in [1.807, 2.05) is 13.8 Å². The molecule has 4 heteroatoms. The smallest absolute Gasteiger partial charge is 0.183 e. The van der Waals surface area contributed by atoms with Crippen LogP contribution in [0.15, 0.2) is 0 Å². The minimum atomic E-state index is -0.292. The van der Waals surface area contributed by atoms with Crippen LogP contribution in [0, 0.1) is 0 Å². The summed E-state index contributed by atoms with van der Waals surface area (Å²) in [5, 5.41) is 0. The molecule has 1 saturated heterocycles. The Balaban J connectivity index is 2.29. The van der Waals surface area contributed by atoms with Gasteiger partial charge >= 0.3 is 0 Å². The van der Waals surface area contributed by atoms with Gasteiger partial charge in [0, 0.05) is 0 Å². The maximum Gasteiger partial charge on any atom is 0.183 e. The fourth-order valence-corrected chi connectivity index (χ4v) is 0.878. The minimum Gasteiger partial charge on any atom is -0.347 e. The molecule has 0 saturated carbocycles. The largest absolute Gasteiger partial charge is 0.347 e. The standard InChI is InChI=1S/C6H13NO3/c1-6(2)4-8-5(10-6)3-9-7/h5H,3-4,7H2,1-2H3. The summed E-state index contributed by atoms with van der Waals surface area (Å²) >= 11 is 0. The van der Waals surface area contributed by atoms with Crippen molar-refractivity contribution in [3.05, 3.63) is 0 Å². The molecule has 1 atom stereocenters. The van der Waals surface area contributed by atoms with Crippen LogP contribution in [0.4, 0.5) is 0 Å². The molecule has 0 radical (unpaired) electrons. The summed E-state index contributed by atoms with van der Waals surface area (Å²) < 4.78 is 10.5. The van der Waals surface area contributed by atoms with Gasteiger partial charge in [0.1, 0.15) is 6.61 Å². The molecule has 1 fully saturated rings. The normalized spacial score (nSPS) is 30.9. The Hall–Kier alpha value is -0.160. The van der Waals surface area contributed by atoms with E-state index in [0.29, 0.717) is 13.2 Å². The quantitative estimate of drug-likeness (QED) is 0.560. The fraction of sp³-hybridized carbons (Fsp3) is 1.00. The van der Waals surface area contributed by atoms with E-state index in [1.165, 1.54) is 0 Å². The van der Waals surface area contributed by atoms with Crippen molar-refractivity contribution in [3.63, 3.8) is 0 Å². The van der Waals surface area contributed by atoms with Gasteiger partial charge in [0.2, 0.25) is 0 Å². The molecule has 10 heavy (non-hydrogen) atoms. The van der Waals surface area contributed by atoms with Crippen molar-refractivity contribution in [1.29, 1.82) is 0 Å². The third-order valence-electron chi connectivity index (χ3n) is 1.30. The van der Waals surface area contributed by atoms with E-state index < -0.39 is 0 Å². The molecule has 0 bridgehead atoms. The predicted octanol–water partition coefficient (Wildman–Crippen LogP) is 0.0282. The monoisotopic (exact) mass is 147 g/mol. The van der Waals surface area contributed by atoms with Crippen LogP contribution >= 0.6 is 0 Å². The SMILES string of the molecule is CC1(C)COC(CON)O1. The summed E-state index contributed by atoms with van der Waals surface area (Å²) in [4.78, 5) is 4.37. The molecular formula is C6H13NO3. The molecule has 0 aliphatic carbocycles. The molecule has 1 aliphatic heterocycles. The Morgan fingerprint density at radius 2 is 2.40 bits per heavy atom. The van der Waals surface area contributed by atoms with Gasteiger partial charge in [0.05, 0.1) is 12.2 Å². The minimum absolute atomic E-state index is 0.191. The second-order valence-corrected chi connectivity index (χ2v) is 2.95. The average Bonchev–Trinajstić information content (AvgIpc) is 2.12. The Morgan fingerprint density at radius 3 is 2.80 bits per heavy atom. The van der Waals surface area contributed by atoms with Crippen LogP contribution in [0.5, 0.6) is 0 Å². The number of nitrogens with two attached hydrogens (primary N) is 1. The van der Waals surface area contributed by atoms with Gasteiger partial charge in [-0.3, -0.25) is 4.84 Å². The van der Waals surface area contributed by atoms with Crippen molar-refractivity contribution < 1.29 is 14.3 Å². The first-order valence-electron chi connectivity index (χ1n) is 3.25. The van der Waals surface area contributed by atoms with Gasteiger partial charge in [0.15, 0.2) is 6.29 Å². The van der Waals surface area contributed by atoms with Gasteiger partial charge in [-0.05, 0) is 13.8 Å². The van der Waals surface area contributed by atoms with Crippen LogP contribution < -0.4 is 5.90 Å². The van der Waals surface area contributed by atoms with Gasteiger partial charge in [-0.2, -0.15) is 0 Å². The Bertz CT molecular complexity index is 116. The van der Waals surface area contributed by atoms with Crippen molar-refractivity contribution in [1.82, 2.24) is 0 Å². The van der Waals surface area contributed by atoms with Gasteiger partial charge in [-0.25, -0.2) is 5.90 Å². The summed E-state index contributed by atoms with van der Waals surface area (Å²) in [7, 11) is 0. The molecule has 0 aromatic carbocycles. The lowest BCUT2D eigenvalue weighted by atomic mass is 10.2. The first-order valence-corrected chi connectivity index (χ1v) is 3.25. The van der Waals surface area contributed by atoms with E-state index in [2.05, 4.69) is 4.84 Å². The van der Waals surface area contributed by atoms with Crippen LogP contribution in [0.3, 0.4) is 0 Å². The number of ether oxygens (including phenoxy) is 2. The van der Waals surface area contributed by atoms with Crippen molar-refractivity contribution in [2.45, 2.75) is 25.7 Å². The van der Waals surface area contributed by atoms with Crippen LogP contribution in [-0.4, -0.2) is 25.1 Å². The maximum atomic E-state index is 5.36. The first-order chi connectivity index (χ1) is 4.64. The fourth-order valence-electron chi connectivity index (χ4n) is 0.878. The van der Waals surface area contributed by atoms with Crippen LogP contribution in [0.2, 0.25) is 0 Å². The van der Waals surface area contributed by atoms with Crippen molar-refractivity contribution in [2.24, 2.45) is 5.90 Å². The molecule has 0 spiro atoms. The zero-order chi connectivity index (χ0) is 7.61. The highest BCUT2D eigenvalue weighted by molar-refractivity contribution is 4.73. The number of hydrogen-bond donors (Lipinski definition) is 1. The lowest BCUT2D eigenvalue weighted by Gasteiger charge is -2.14. The number of rotatable bonds is 2. The molecule has 0 aromatic rings. The zero-order valence-electron chi connectivity index (χ0n) is 6.29. The van der Waals surface area contributed by atoms with E-state index >= 15 is 0 Å². The topological polar surface area (TPSA) is 53.7 Å². The first kappa shape index (κ1) is 7.94. The Kier molecular flexibility index (Phi) is 2.25. The second-order valence-electron chi connectivity index (χ2n) is 2.95. The molecule has 4 nitrogen and oxygen atoms in total. The maximum absolute atomic E-state index is 5.36. The second kappa shape index (κ2) is 2.84. The van der Waals surface area contributed by atoms with Crippen molar-refractivity contribution in [2.75, 3.05) is 13.2 Å². The van der Waals surface area contributed by atoms with Crippen molar-refractivity contribution >= 4 is 0 Å². The molecule has 0 aromatic heterocycles. The summed E-state index contributed by atoms with van der Waals surface area (Å²) in [6.45, 7) is 4.82. The van der Waals surface area contributed by atoms with Gasteiger partial charge in [-0.15, -0.1) is 0 Å². The van der Waals surface area contributed by atoms with E-state index in [9.17, 15) is 0 Å². The van der Waals surface area contributed by atoms with E-state index in [0.717, 1.165) is 0 Å². The molecular weight excluding hydrogens is 134 g/mol. The number of hydrogen-bond acceptors (Lipinski definition) is 4. The van der Waals surface area contributed by atoms with Gasteiger partial charge < -0.3 is 9.47 Å².